The predicted molar refractivity (Wildman–Crippen MR) is 76.2 cm³/mol. The number of carbonyl (C=O) groups excluding carboxylic acids is 1. The summed E-state index contributed by atoms with van der Waals surface area (Å²) in [7, 11) is 1.70. The second kappa shape index (κ2) is 5.95. The van der Waals surface area contributed by atoms with Crippen molar-refractivity contribution in [3.8, 4) is 11.3 Å². The van der Waals surface area contributed by atoms with Crippen molar-refractivity contribution in [3.63, 3.8) is 0 Å². The van der Waals surface area contributed by atoms with E-state index in [0.717, 1.165) is 5.56 Å². The van der Waals surface area contributed by atoms with Gasteiger partial charge in [0.1, 0.15) is 11.5 Å². The highest BCUT2D eigenvalue weighted by Crippen LogP contribution is 2.20. The van der Waals surface area contributed by atoms with E-state index in [1.165, 1.54) is 11.7 Å². The number of amides is 1. The van der Waals surface area contributed by atoms with Gasteiger partial charge in [0.15, 0.2) is 0 Å². The van der Waals surface area contributed by atoms with Gasteiger partial charge in [0.05, 0.1) is 6.20 Å². The fraction of sp³-hybridized carbons (Fsp3) is 0.154. The molecule has 8 heteroatoms. The first-order chi connectivity index (χ1) is 10.0. The number of anilines is 1. The Labute approximate surface area is 120 Å². The molecule has 0 aliphatic heterocycles. The van der Waals surface area contributed by atoms with Crippen molar-refractivity contribution in [2.45, 2.75) is 6.92 Å². The molecule has 1 aromatic heterocycles. The van der Waals surface area contributed by atoms with E-state index in [9.17, 15) is 14.8 Å². The summed E-state index contributed by atoms with van der Waals surface area (Å²) >= 11 is 0. The van der Waals surface area contributed by atoms with E-state index in [1.54, 1.807) is 31.4 Å². The van der Waals surface area contributed by atoms with E-state index in [1.807, 2.05) is 6.07 Å². The lowest BCUT2D eigenvalue weighted by atomic mass is 10.1. The number of allylic oxidation sites excluding steroid dienone is 1. The molecule has 2 N–H and O–H groups in total. The number of benzene rings is 1. The van der Waals surface area contributed by atoms with Crippen molar-refractivity contribution in [2.75, 3.05) is 5.32 Å². The number of nitrogens with one attached hydrogen (secondary N) is 1. The molecule has 1 heterocycles. The number of nitroso groups, excluding NO2 is 1. The molecule has 1 aromatic carbocycles. The number of nitrogens with zero attached hydrogens (tertiary/aromatic N) is 4. The summed E-state index contributed by atoms with van der Waals surface area (Å²) in [6, 6.07) is 6.86. The monoisotopic (exact) mass is 287 g/mol. The first-order valence-electron chi connectivity index (χ1n) is 6.02. The Balaban J connectivity index is 2.24. The van der Waals surface area contributed by atoms with Crippen LogP contribution in [0.4, 0.5) is 5.69 Å². The number of aliphatic hydroxyl groups excluding tert-OH is 1. The average Bonchev–Trinajstić information content (AvgIpc) is 2.86. The van der Waals surface area contributed by atoms with Gasteiger partial charge in [0, 0.05) is 18.3 Å². The van der Waals surface area contributed by atoms with Crippen LogP contribution in [0.25, 0.3) is 11.3 Å². The van der Waals surface area contributed by atoms with E-state index in [0.29, 0.717) is 11.4 Å². The van der Waals surface area contributed by atoms with Crippen molar-refractivity contribution in [1.29, 1.82) is 0 Å². The molecule has 0 aliphatic carbocycles. The number of aliphatic hydroxyl groups is 1. The maximum Gasteiger partial charge on any atom is 0.281 e. The lowest BCUT2D eigenvalue weighted by Gasteiger charge is -2.06. The van der Waals surface area contributed by atoms with Crippen LogP contribution in [0.15, 0.2) is 47.1 Å². The zero-order chi connectivity index (χ0) is 15.4. The number of aromatic nitrogens is 3. The molecule has 0 fully saturated rings. The van der Waals surface area contributed by atoms with Crippen LogP contribution in [-0.2, 0) is 11.8 Å². The molecule has 0 radical (unpaired) electrons. The fourth-order valence-corrected chi connectivity index (χ4v) is 1.70. The normalized spacial score (nSPS) is 11.7. The van der Waals surface area contributed by atoms with Crippen LogP contribution in [0.2, 0.25) is 0 Å². The summed E-state index contributed by atoms with van der Waals surface area (Å²) in [4.78, 5) is 23.7. The molecule has 0 spiro atoms. The van der Waals surface area contributed by atoms with Crippen LogP contribution in [0.3, 0.4) is 0 Å². The summed E-state index contributed by atoms with van der Waals surface area (Å²) in [5.74, 6) is -1.21. The van der Waals surface area contributed by atoms with E-state index >= 15 is 0 Å². The minimum absolute atomic E-state index is 0.437. The third-order valence-electron chi connectivity index (χ3n) is 2.66. The van der Waals surface area contributed by atoms with Gasteiger partial charge in [-0.1, -0.05) is 12.1 Å². The Morgan fingerprint density at radius 2 is 2.19 bits per heavy atom. The SMILES string of the molecule is C/C(O)=C(\N=O)C(=O)Nc1cccc(-c2cnn(C)n2)c1. The lowest BCUT2D eigenvalue weighted by Crippen LogP contribution is -2.14. The molecule has 2 rings (SSSR count). The molecule has 108 valence electrons. The van der Waals surface area contributed by atoms with Gasteiger partial charge < -0.3 is 10.4 Å². The number of hydrogen-bond acceptors (Lipinski definition) is 6. The number of hydrogen-bond donors (Lipinski definition) is 2. The molecule has 8 nitrogen and oxygen atoms in total. The molecule has 0 atom stereocenters. The summed E-state index contributed by atoms with van der Waals surface area (Å²) in [5, 5.41) is 22.3. The Bertz CT molecular complexity index is 716. The van der Waals surface area contributed by atoms with Crippen LogP contribution < -0.4 is 5.32 Å². The van der Waals surface area contributed by atoms with Gasteiger partial charge in [0.25, 0.3) is 5.91 Å². The molecule has 0 bridgehead atoms. The average molecular weight is 287 g/mol. The Hall–Kier alpha value is -3.03. The second-order valence-corrected chi connectivity index (χ2v) is 4.28. The quantitative estimate of drug-likeness (QED) is 0.507. The van der Waals surface area contributed by atoms with Crippen LogP contribution in [-0.4, -0.2) is 26.0 Å². The highest BCUT2D eigenvalue weighted by molar-refractivity contribution is 6.03. The summed E-state index contributed by atoms with van der Waals surface area (Å²) in [6.07, 6.45) is 1.59. The van der Waals surface area contributed by atoms with Gasteiger partial charge in [-0.3, -0.25) is 4.79 Å². The largest absolute Gasteiger partial charge is 0.510 e. The van der Waals surface area contributed by atoms with Gasteiger partial charge in [-0.15, -0.1) is 4.91 Å². The topological polar surface area (TPSA) is 109 Å². The van der Waals surface area contributed by atoms with Gasteiger partial charge in [0.2, 0.25) is 5.70 Å². The van der Waals surface area contributed by atoms with Crippen LogP contribution in [0.5, 0.6) is 0 Å². The zero-order valence-corrected chi connectivity index (χ0v) is 11.4. The predicted octanol–water partition coefficient (Wildman–Crippen LogP) is 1.98. The standard InChI is InChI=1S/C13H13N5O3/c1-8(19)12(17-21)13(20)15-10-5-3-4-9(6-10)11-7-14-18(2)16-11/h3-7,19H,1-2H3,(H,15,20)/b12-8+. The van der Waals surface area contributed by atoms with Gasteiger partial charge >= 0.3 is 0 Å². The summed E-state index contributed by atoms with van der Waals surface area (Å²) in [5.41, 5.74) is 1.30. The first kappa shape index (κ1) is 14.4. The van der Waals surface area contributed by atoms with E-state index in [2.05, 4.69) is 20.7 Å². The van der Waals surface area contributed by atoms with Crippen molar-refractivity contribution in [3.05, 3.63) is 46.8 Å². The lowest BCUT2D eigenvalue weighted by molar-refractivity contribution is -0.113. The van der Waals surface area contributed by atoms with Crippen LogP contribution in [0, 0.1) is 4.91 Å². The van der Waals surface area contributed by atoms with Crippen molar-refractivity contribution in [1.82, 2.24) is 15.0 Å². The molecule has 0 saturated heterocycles. The highest BCUT2D eigenvalue weighted by Gasteiger charge is 2.14. The molecule has 1 amide bonds. The van der Waals surface area contributed by atoms with E-state index in [4.69, 9.17) is 0 Å². The molecule has 0 aliphatic rings. The third kappa shape index (κ3) is 3.30. The highest BCUT2D eigenvalue weighted by atomic mass is 16.3. The Morgan fingerprint density at radius 1 is 1.43 bits per heavy atom. The Morgan fingerprint density at radius 3 is 2.76 bits per heavy atom. The van der Waals surface area contributed by atoms with Crippen LogP contribution in [0.1, 0.15) is 6.92 Å². The number of carbonyl (C=O) groups is 1. The Kier molecular flexibility index (Phi) is 4.07. The summed E-state index contributed by atoms with van der Waals surface area (Å²) in [6.45, 7) is 1.21. The zero-order valence-electron chi connectivity index (χ0n) is 11.4. The van der Waals surface area contributed by atoms with Gasteiger partial charge in [-0.25, -0.2) is 0 Å². The van der Waals surface area contributed by atoms with Gasteiger partial charge in [-0.2, -0.15) is 15.0 Å². The maximum atomic E-state index is 11.8. The summed E-state index contributed by atoms with van der Waals surface area (Å²) < 4.78 is 0. The van der Waals surface area contributed by atoms with E-state index < -0.39 is 17.4 Å². The number of aryl methyl sites for hydroxylation is 1. The van der Waals surface area contributed by atoms with Crippen molar-refractivity contribution in [2.24, 2.45) is 12.2 Å². The molecule has 0 unspecified atom stereocenters. The molecule has 2 aromatic rings. The third-order valence-corrected chi connectivity index (χ3v) is 2.66. The van der Waals surface area contributed by atoms with Crippen molar-refractivity contribution >= 4 is 11.6 Å². The number of rotatable bonds is 4. The van der Waals surface area contributed by atoms with Crippen LogP contribution >= 0.6 is 0 Å². The fourth-order valence-electron chi connectivity index (χ4n) is 1.70. The second-order valence-electron chi connectivity index (χ2n) is 4.28. The maximum absolute atomic E-state index is 11.8. The molecular weight excluding hydrogens is 274 g/mol. The molecular formula is C13H13N5O3. The minimum Gasteiger partial charge on any atom is -0.510 e. The van der Waals surface area contributed by atoms with Gasteiger partial charge in [-0.05, 0) is 24.2 Å². The molecule has 0 saturated carbocycles. The smallest absolute Gasteiger partial charge is 0.281 e. The molecule has 21 heavy (non-hydrogen) atoms. The minimum atomic E-state index is -0.777. The van der Waals surface area contributed by atoms with E-state index in [-0.39, 0.29) is 0 Å². The van der Waals surface area contributed by atoms with Crippen molar-refractivity contribution < 1.29 is 9.90 Å². The first-order valence-corrected chi connectivity index (χ1v) is 6.02.